The van der Waals surface area contributed by atoms with Crippen LogP contribution in [-0.4, -0.2) is 56.5 Å². The van der Waals surface area contributed by atoms with Crippen LogP contribution >= 0.6 is 35.7 Å². The quantitative estimate of drug-likeness (QED) is 0.179. The minimum atomic E-state index is 0. The van der Waals surface area contributed by atoms with Gasteiger partial charge in [-0.25, -0.2) is 0 Å². The van der Waals surface area contributed by atoms with Crippen molar-refractivity contribution >= 4 is 41.7 Å². The Balaban J connectivity index is 0.00000280. The molecular formula is C21H30IN3O2S. The van der Waals surface area contributed by atoms with Crippen LogP contribution in [0.2, 0.25) is 0 Å². The monoisotopic (exact) mass is 515 g/mol. The predicted molar refractivity (Wildman–Crippen MR) is 127 cm³/mol. The average molecular weight is 515 g/mol. The Morgan fingerprint density at radius 1 is 1.25 bits per heavy atom. The molecule has 0 amide bonds. The van der Waals surface area contributed by atoms with Crippen LogP contribution in [0.15, 0.2) is 63.0 Å². The van der Waals surface area contributed by atoms with Crippen molar-refractivity contribution in [3.8, 4) is 0 Å². The molecule has 1 N–H and O–H groups in total. The number of nitrogens with zero attached hydrogens (tertiary/aromatic N) is 2. The van der Waals surface area contributed by atoms with Gasteiger partial charge in [0, 0.05) is 56.3 Å². The number of rotatable bonds is 9. The lowest BCUT2D eigenvalue weighted by molar-refractivity contribution is 0.181. The molecule has 5 nitrogen and oxygen atoms in total. The summed E-state index contributed by atoms with van der Waals surface area (Å²) in [6.45, 7) is 4.30. The molecule has 0 saturated carbocycles. The normalized spacial score (nSPS) is 16.6. The third kappa shape index (κ3) is 8.05. The zero-order chi connectivity index (χ0) is 18.7. The highest BCUT2D eigenvalue weighted by Crippen LogP contribution is 2.16. The number of nitrogens with one attached hydrogen (secondary N) is 1. The SMILES string of the molecule is CN(CC1CCOC1)C(=NCCc1ccco1)NCCSc1ccccc1.I. The van der Waals surface area contributed by atoms with E-state index in [0.29, 0.717) is 12.5 Å². The van der Waals surface area contributed by atoms with E-state index in [9.17, 15) is 0 Å². The zero-order valence-electron chi connectivity index (χ0n) is 16.4. The van der Waals surface area contributed by atoms with Crippen molar-refractivity contribution in [2.24, 2.45) is 10.9 Å². The van der Waals surface area contributed by atoms with Gasteiger partial charge in [0.2, 0.25) is 0 Å². The first-order valence-electron chi connectivity index (χ1n) is 9.58. The molecule has 1 saturated heterocycles. The van der Waals surface area contributed by atoms with Crippen molar-refractivity contribution in [2.45, 2.75) is 17.7 Å². The van der Waals surface area contributed by atoms with E-state index in [1.165, 1.54) is 4.90 Å². The Bertz CT molecular complexity index is 676. The molecule has 154 valence electrons. The lowest BCUT2D eigenvalue weighted by Gasteiger charge is -2.25. The molecule has 1 aliphatic rings. The van der Waals surface area contributed by atoms with Crippen LogP contribution in [0.25, 0.3) is 0 Å². The molecule has 1 fully saturated rings. The van der Waals surface area contributed by atoms with E-state index in [4.69, 9.17) is 14.1 Å². The minimum absolute atomic E-state index is 0. The number of guanidine groups is 1. The molecule has 7 heteroatoms. The number of thioether (sulfide) groups is 1. The predicted octanol–water partition coefficient (Wildman–Crippen LogP) is 4.15. The summed E-state index contributed by atoms with van der Waals surface area (Å²) in [7, 11) is 2.11. The van der Waals surface area contributed by atoms with Gasteiger partial charge >= 0.3 is 0 Å². The molecule has 2 aromatic rings. The molecule has 28 heavy (non-hydrogen) atoms. The molecule has 2 heterocycles. The van der Waals surface area contributed by atoms with Gasteiger partial charge in [0.15, 0.2) is 5.96 Å². The lowest BCUT2D eigenvalue weighted by atomic mass is 10.1. The second-order valence-electron chi connectivity index (χ2n) is 6.73. The fourth-order valence-electron chi connectivity index (χ4n) is 3.09. The number of hydrogen-bond acceptors (Lipinski definition) is 4. The molecule has 0 bridgehead atoms. The fraction of sp³-hybridized carbons (Fsp3) is 0.476. The molecule has 0 spiro atoms. The van der Waals surface area contributed by atoms with Crippen molar-refractivity contribution in [1.29, 1.82) is 0 Å². The van der Waals surface area contributed by atoms with E-state index in [2.05, 4.69) is 41.5 Å². The van der Waals surface area contributed by atoms with Crippen molar-refractivity contribution in [2.75, 3.05) is 45.6 Å². The maximum absolute atomic E-state index is 5.51. The van der Waals surface area contributed by atoms with E-state index in [-0.39, 0.29) is 24.0 Å². The molecule has 1 aliphatic heterocycles. The van der Waals surface area contributed by atoms with E-state index in [0.717, 1.165) is 56.6 Å². The van der Waals surface area contributed by atoms with Crippen LogP contribution in [0.1, 0.15) is 12.2 Å². The van der Waals surface area contributed by atoms with Crippen LogP contribution in [0.3, 0.4) is 0 Å². The van der Waals surface area contributed by atoms with Gasteiger partial charge < -0.3 is 19.4 Å². The van der Waals surface area contributed by atoms with Crippen LogP contribution in [-0.2, 0) is 11.2 Å². The molecule has 0 aliphatic carbocycles. The van der Waals surface area contributed by atoms with Gasteiger partial charge in [-0.3, -0.25) is 4.99 Å². The van der Waals surface area contributed by atoms with Crippen molar-refractivity contribution in [3.63, 3.8) is 0 Å². The third-order valence-corrected chi connectivity index (χ3v) is 5.53. The second kappa shape index (κ2) is 13.1. The van der Waals surface area contributed by atoms with E-state index < -0.39 is 0 Å². The first-order chi connectivity index (χ1) is 13.3. The topological polar surface area (TPSA) is 50.0 Å². The van der Waals surface area contributed by atoms with E-state index in [1.807, 2.05) is 30.0 Å². The van der Waals surface area contributed by atoms with Gasteiger partial charge in [0.1, 0.15) is 5.76 Å². The maximum atomic E-state index is 5.51. The standard InChI is InChI=1S/C21H29N3O2S.HI/c1-24(16-18-10-14-25-17-18)21(22-11-9-19-6-5-13-26-19)23-12-15-27-20-7-3-2-4-8-20;/h2-8,13,18H,9-12,14-17H2,1H3,(H,22,23);1H. The van der Waals surface area contributed by atoms with Crippen LogP contribution < -0.4 is 5.32 Å². The van der Waals surface area contributed by atoms with Crippen LogP contribution in [0.4, 0.5) is 0 Å². The molecular weight excluding hydrogens is 485 g/mol. The number of hydrogen-bond donors (Lipinski definition) is 1. The summed E-state index contributed by atoms with van der Waals surface area (Å²) in [4.78, 5) is 8.34. The van der Waals surface area contributed by atoms with Gasteiger partial charge in [-0.05, 0) is 30.7 Å². The lowest BCUT2D eigenvalue weighted by Crippen LogP contribution is -2.42. The summed E-state index contributed by atoms with van der Waals surface area (Å²) < 4.78 is 10.9. The van der Waals surface area contributed by atoms with Crippen LogP contribution in [0, 0.1) is 5.92 Å². The molecule has 1 atom stereocenters. The first kappa shape index (κ1) is 23.1. The van der Waals surface area contributed by atoms with E-state index >= 15 is 0 Å². The third-order valence-electron chi connectivity index (χ3n) is 4.51. The van der Waals surface area contributed by atoms with Crippen molar-refractivity contribution in [3.05, 3.63) is 54.5 Å². The summed E-state index contributed by atoms with van der Waals surface area (Å²) >= 11 is 1.86. The molecule has 1 aromatic carbocycles. The van der Waals surface area contributed by atoms with E-state index in [1.54, 1.807) is 6.26 Å². The number of halogens is 1. The Morgan fingerprint density at radius 3 is 2.82 bits per heavy atom. The first-order valence-corrected chi connectivity index (χ1v) is 10.6. The van der Waals surface area contributed by atoms with Crippen molar-refractivity contribution in [1.82, 2.24) is 10.2 Å². The summed E-state index contributed by atoms with van der Waals surface area (Å²) in [6.07, 6.45) is 3.66. The summed E-state index contributed by atoms with van der Waals surface area (Å²) in [5.41, 5.74) is 0. The number of benzene rings is 1. The van der Waals surface area contributed by atoms with Gasteiger partial charge in [-0.15, -0.1) is 35.7 Å². The molecule has 3 rings (SSSR count). The van der Waals surface area contributed by atoms with Gasteiger partial charge in [-0.2, -0.15) is 0 Å². The number of ether oxygens (including phenoxy) is 1. The van der Waals surface area contributed by atoms with Gasteiger partial charge in [0.25, 0.3) is 0 Å². The van der Waals surface area contributed by atoms with Crippen LogP contribution in [0.5, 0.6) is 0 Å². The summed E-state index contributed by atoms with van der Waals surface area (Å²) in [6, 6.07) is 14.4. The Hall–Kier alpha value is -1.19. The number of furan rings is 1. The zero-order valence-corrected chi connectivity index (χ0v) is 19.5. The fourth-order valence-corrected chi connectivity index (χ4v) is 3.88. The maximum Gasteiger partial charge on any atom is 0.193 e. The molecule has 0 radical (unpaired) electrons. The minimum Gasteiger partial charge on any atom is -0.469 e. The average Bonchev–Trinajstić information content (AvgIpc) is 3.38. The largest absolute Gasteiger partial charge is 0.469 e. The molecule has 1 unspecified atom stereocenters. The van der Waals surface area contributed by atoms with Crippen molar-refractivity contribution < 1.29 is 9.15 Å². The second-order valence-corrected chi connectivity index (χ2v) is 7.90. The highest BCUT2D eigenvalue weighted by molar-refractivity contribution is 14.0. The number of aliphatic imine (C=N–C) groups is 1. The van der Waals surface area contributed by atoms with Gasteiger partial charge in [-0.1, -0.05) is 18.2 Å². The Labute approximate surface area is 189 Å². The highest BCUT2D eigenvalue weighted by Gasteiger charge is 2.19. The summed E-state index contributed by atoms with van der Waals surface area (Å²) in [5, 5.41) is 3.53. The molecule has 1 aromatic heterocycles. The smallest absolute Gasteiger partial charge is 0.193 e. The Morgan fingerprint density at radius 2 is 2.11 bits per heavy atom. The summed E-state index contributed by atoms with van der Waals surface area (Å²) in [5.74, 6) is 3.53. The highest BCUT2D eigenvalue weighted by atomic mass is 127. The van der Waals surface area contributed by atoms with Gasteiger partial charge in [0.05, 0.1) is 12.9 Å². The Kier molecular flexibility index (Phi) is 10.8.